The molecule has 1 heterocycles. The van der Waals surface area contributed by atoms with E-state index in [1.54, 1.807) is 0 Å². The van der Waals surface area contributed by atoms with Crippen LogP contribution in [0, 0.1) is 5.92 Å². The van der Waals surface area contributed by atoms with Gasteiger partial charge in [0, 0.05) is 19.0 Å². The van der Waals surface area contributed by atoms with Crippen molar-refractivity contribution in [3.8, 4) is 0 Å². The van der Waals surface area contributed by atoms with Crippen molar-refractivity contribution < 1.29 is 9.90 Å². The molecule has 1 aromatic rings. The Hall–Kier alpha value is -1.35. The molecule has 1 N–H and O–H groups in total. The van der Waals surface area contributed by atoms with Gasteiger partial charge in [-0.25, -0.2) is 0 Å². The van der Waals surface area contributed by atoms with Crippen LogP contribution in [0.4, 0.5) is 0 Å². The maximum atomic E-state index is 11.3. The lowest BCUT2D eigenvalue weighted by Crippen LogP contribution is -2.23. The van der Waals surface area contributed by atoms with Crippen molar-refractivity contribution >= 4 is 5.97 Å². The third kappa shape index (κ3) is 2.56. The minimum absolute atomic E-state index is 0.133. The molecule has 2 atom stereocenters. The van der Waals surface area contributed by atoms with E-state index in [4.69, 9.17) is 0 Å². The molecule has 3 nitrogen and oxygen atoms in total. The number of carbonyl (C=O) groups is 1. The van der Waals surface area contributed by atoms with E-state index >= 15 is 0 Å². The van der Waals surface area contributed by atoms with Gasteiger partial charge in [0.1, 0.15) is 0 Å². The molecular formula is C15H21NO2. The summed E-state index contributed by atoms with van der Waals surface area (Å²) in [4.78, 5) is 13.6. The SMILES string of the molecule is CCc1ccc(C2CN(CC)CC2C(=O)O)cc1. The monoisotopic (exact) mass is 247 g/mol. The highest BCUT2D eigenvalue weighted by Crippen LogP contribution is 2.32. The molecule has 3 heteroatoms. The Morgan fingerprint density at radius 3 is 2.44 bits per heavy atom. The molecule has 1 saturated heterocycles. The average molecular weight is 247 g/mol. The van der Waals surface area contributed by atoms with Crippen molar-refractivity contribution in [2.75, 3.05) is 19.6 Å². The standard InChI is InChI=1S/C15H21NO2/c1-3-11-5-7-12(8-6-11)13-9-16(4-2)10-14(13)15(17)18/h5-8,13-14H,3-4,9-10H2,1-2H3,(H,17,18). The predicted molar refractivity (Wildman–Crippen MR) is 71.8 cm³/mol. The van der Waals surface area contributed by atoms with Gasteiger partial charge >= 0.3 is 5.97 Å². The van der Waals surface area contributed by atoms with Gasteiger partial charge in [0.2, 0.25) is 0 Å². The molecule has 0 amide bonds. The van der Waals surface area contributed by atoms with Crippen LogP contribution in [-0.2, 0) is 11.2 Å². The van der Waals surface area contributed by atoms with E-state index in [1.807, 2.05) is 0 Å². The lowest BCUT2D eigenvalue weighted by atomic mass is 9.88. The first-order chi connectivity index (χ1) is 8.65. The van der Waals surface area contributed by atoms with Gasteiger partial charge < -0.3 is 10.0 Å². The normalized spacial score (nSPS) is 24.3. The second kappa shape index (κ2) is 5.53. The van der Waals surface area contributed by atoms with Gasteiger partial charge in [-0.1, -0.05) is 38.1 Å². The molecule has 0 aliphatic carbocycles. The quantitative estimate of drug-likeness (QED) is 0.888. The zero-order valence-corrected chi connectivity index (χ0v) is 11.1. The van der Waals surface area contributed by atoms with Gasteiger partial charge in [0.25, 0.3) is 0 Å². The Bertz CT molecular complexity index is 413. The highest BCUT2D eigenvalue weighted by Gasteiger charge is 2.37. The maximum absolute atomic E-state index is 11.3. The van der Waals surface area contributed by atoms with Crippen molar-refractivity contribution in [1.82, 2.24) is 4.90 Å². The Morgan fingerprint density at radius 1 is 1.28 bits per heavy atom. The fraction of sp³-hybridized carbons (Fsp3) is 0.533. The van der Waals surface area contributed by atoms with Crippen LogP contribution in [0.15, 0.2) is 24.3 Å². The van der Waals surface area contributed by atoms with Crippen molar-refractivity contribution in [2.24, 2.45) is 5.92 Å². The zero-order valence-electron chi connectivity index (χ0n) is 11.1. The van der Waals surface area contributed by atoms with Crippen molar-refractivity contribution in [3.63, 3.8) is 0 Å². The summed E-state index contributed by atoms with van der Waals surface area (Å²) in [7, 11) is 0. The van der Waals surface area contributed by atoms with Gasteiger partial charge in [-0.2, -0.15) is 0 Å². The lowest BCUT2D eigenvalue weighted by molar-refractivity contribution is -0.141. The summed E-state index contributed by atoms with van der Waals surface area (Å²) in [6.45, 7) is 6.67. The van der Waals surface area contributed by atoms with E-state index in [2.05, 4.69) is 43.0 Å². The first-order valence-corrected chi connectivity index (χ1v) is 6.69. The van der Waals surface area contributed by atoms with Crippen LogP contribution in [0.25, 0.3) is 0 Å². The number of likely N-dealkylation sites (tertiary alicyclic amines) is 1. The van der Waals surface area contributed by atoms with Crippen LogP contribution >= 0.6 is 0 Å². The molecule has 1 aliphatic rings. The molecule has 1 fully saturated rings. The average Bonchev–Trinajstić information content (AvgIpc) is 2.83. The van der Waals surface area contributed by atoms with Gasteiger partial charge in [0.05, 0.1) is 5.92 Å². The fourth-order valence-electron chi connectivity index (χ4n) is 2.73. The molecule has 0 bridgehead atoms. The molecule has 2 rings (SSSR count). The summed E-state index contributed by atoms with van der Waals surface area (Å²) in [5, 5.41) is 9.33. The maximum Gasteiger partial charge on any atom is 0.308 e. The molecule has 0 radical (unpaired) electrons. The summed E-state index contributed by atoms with van der Waals surface area (Å²) >= 11 is 0. The van der Waals surface area contributed by atoms with Gasteiger partial charge in [-0.3, -0.25) is 4.79 Å². The molecule has 18 heavy (non-hydrogen) atoms. The van der Waals surface area contributed by atoms with Crippen LogP contribution in [0.1, 0.15) is 30.9 Å². The smallest absolute Gasteiger partial charge is 0.308 e. The summed E-state index contributed by atoms with van der Waals surface area (Å²) in [5.41, 5.74) is 2.46. The van der Waals surface area contributed by atoms with E-state index in [9.17, 15) is 9.90 Å². The van der Waals surface area contributed by atoms with Crippen molar-refractivity contribution in [1.29, 1.82) is 0 Å². The first kappa shape index (κ1) is 13.1. The number of hydrogen-bond acceptors (Lipinski definition) is 2. The number of carboxylic acids is 1. The number of nitrogens with zero attached hydrogens (tertiary/aromatic N) is 1. The summed E-state index contributed by atoms with van der Waals surface area (Å²) in [6, 6.07) is 8.42. The molecule has 98 valence electrons. The minimum atomic E-state index is -0.671. The predicted octanol–water partition coefficient (Wildman–Crippen LogP) is 2.37. The van der Waals surface area contributed by atoms with Crippen LogP contribution in [0.3, 0.4) is 0 Å². The third-order valence-corrected chi connectivity index (χ3v) is 3.98. The minimum Gasteiger partial charge on any atom is -0.481 e. The molecular weight excluding hydrogens is 226 g/mol. The molecule has 1 aliphatic heterocycles. The molecule has 0 aromatic heterocycles. The second-order valence-electron chi connectivity index (χ2n) is 5.00. The van der Waals surface area contributed by atoms with E-state index in [0.717, 1.165) is 25.1 Å². The van der Waals surface area contributed by atoms with E-state index in [1.165, 1.54) is 5.56 Å². The van der Waals surface area contributed by atoms with Crippen LogP contribution < -0.4 is 0 Å². The van der Waals surface area contributed by atoms with Gasteiger partial charge in [-0.15, -0.1) is 0 Å². The van der Waals surface area contributed by atoms with Crippen LogP contribution in [0.2, 0.25) is 0 Å². The number of aliphatic carboxylic acids is 1. The number of likely N-dealkylation sites (N-methyl/N-ethyl adjacent to an activating group) is 1. The topological polar surface area (TPSA) is 40.5 Å². The summed E-state index contributed by atoms with van der Waals surface area (Å²) in [6.07, 6.45) is 1.02. The number of aryl methyl sites for hydroxylation is 1. The number of carboxylic acid groups (broad SMARTS) is 1. The Balaban J connectivity index is 2.21. The number of benzene rings is 1. The molecule has 0 spiro atoms. The largest absolute Gasteiger partial charge is 0.481 e. The number of hydrogen-bond donors (Lipinski definition) is 1. The molecule has 2 unspecified atom stereocenters. The van der Waals surface area contributed by atoms with Crippen molar-refractivity contribution in [2.45, 2.75) is 26.2 Å². The third-order valence-electron chi connectivity index (χ3n) is 3.98. The lowest BCUT2D eigenvalue weighted by Gasteiger charge is -2.15. The highest BCUT2D eigenvalue weighted by molar-refractivity contribution is 5.72. The molecule has 1 aromatic carbocycles. The van der Waals surface area contributed by atoms with E-state index < -0.39 is 5.97 Å². The van der Waals surface area contributed by atoms with Crippen molar-refractivity contribution in [3.05, 3.63) is 35.4 Å². The Kier molecular flexibility index (Phi) is 4.02. The molecule has 0 saturated carbocycles. The second-order valence-corrected chi connectivity index (χ2v) is 5.00. The van der Waals surface area contributed by atoms with Gasteiger partial charge in [0.15, 0.2) is 0 Å². The Labute approximate surface area is 108 Å². The number of rotatable bonds is 4. The van der Waals surface area contributed by atoms with Gasteiger partial charge in [-0.05, 0) is 24.1 Å². The van der Waals surface area contributed by atoms with Crippen LogP contribution in [0.5, 0.6) is 0 Å². The van der Waals surface area contributed by atoms with E-state index in [0.29, 0.717) is 6.54 Å². The van der Waals surface area contributed by atoms with E-state index in [-0.39, 0.29) is 11.8 Å². The highest BCUT2D eigenvalue weighted by atomic mass is 16.4. The zero-order chi connectivity index (χ0) is 13.1. The van der Waals surface area contributed by atoms with Crippen LogP contribution in [-0.4, -0.2) is 35.6 Å². The summed E-state index contributed by atoms with van der Waals surface area (Å²) < 4.78 is 0. The first-order valence-electron chi connectivity index (χ1n) is 6.69. The Morgan fingerprint density at radius 2 is 1.94 bits per heavy atom. The summed E-state index contributed by atoms with van der Waals surface area (Å²) in [5.74, 6) is -0.804. The fourth-order valence-corrected chi connectivity index (χ4v) is 2.73.